The number of carbonyl (C=O) groups excluding carboxylic acids is 1. The molecule has 0 unspecified atom stereocenters. The second kappa shape index (κ2) is 7.99. The highest BCUT2D eigenvalue weighted by Gasteiger charge is 2.25. The number of fused-ring (bicyclic) bond motifs is 1. The predicted molar refractivity (Wildman–Crippen MR) is 104 cm³/mol. The first-order valence-corrected chi connectivity index (χ1v) is 10.9. The van der Waals surface area contributed by atoms with E-state index in [0.717, 1.165) is 24.8 Å². The van der Waals surface area contributed by atoms with E-state index in [2.05, 4.69) is 5.32 Å². The van der Waals surface area contributed by atoms with E-state index in [4.69, 9.17) is 23.2 Å². The minimum atomic E-state index is -3.69. The van der Waals surface area contributed by atoms with E-state index in [9.17, 15) is 13.2 Å². The van der Waals surface area contributed by atoms with Gasteiger partial charge in [-0.15, -0.1) is 0 Å². The molecule has 138 valence electrons. The molecule has 0 heterocycles. The van der Waals surface area contributed by atoms with Crippen LogP contribution in [0.4, 0.5) is 0 Å². The van der Waals surface area contributed by atoms with Crippen LogP contribution >= 0.6 is 23.2 Å². The standard InChI is InChI=1S/C19H19Cl2NO3S/c20-16-8-4-9-17(21)15(16)11-26(24,25)12-19(23)22-18-10-3-6-13-5-1-2-7-14(13)18/h1-2,4-5,7-9,18H,3,6,10-12H2,(H,22,23)/t18-/m0/s1. The van der Waals surface area contributed by atoms with Crippen LogP contribution in [0.15, 0.2) is 42.5 Å². The van der Waals surface area contributed by atoms with Crippen LogP contribution in [0.5, 0.6) is 0 Å². The maximum absolute atomic E-state index is 12.4. The maximum atomic E-state index is 12.4. The summed E-state index contributed by atoms with van der Waals surface area (Å²) in [4.78, 5) is 12.3. The number of rotatable bonds is 5. The van der Waals surface area contributed by atoms with Crippen molar-refractivity contribution in [1.29, 1.82) is 0 Å². The Morgan fingerprint density at radius 2 is 1.77 bits per heavy atom. The zero-order chi connectivity index (χ0) is 18.7. The molecule has 0 aromatic heterocycles. The second-order valence-corrected chi connectivity index (χ2v) is 9.32. The SMILES string of the molecule is O=C(CS(=O)(=O)Cc1c(Cl)cccc1Cl)N[C@H]1CCCc2ccccc21. The molecule has 1 N–H and O–H groups in total. The first-order chi connectivity index (χ1) is 12.4. The number of carbonyl (C=O) groups is 1. The zero-order valence-electron chi connectivity index (χ0n) is 14.0. The highest BCUT2D eigenvalue weighted by molar-refractivity contribution is 7.91. The van der Waals surface area contributed by atoms with Crippen molar-refractivity contribution in [3.05, 3.63) is 69.2 Å². The van der Waals surface area contributed by atoms with Gasteiger partial charge in [0.25, 0.3) is 0 Å². The van der Waals surface area contributed by atoms with E-state index in [0.29, 0.717) is 5.56 Å². The average molecular weight is 412 g/mol. The summed E-state index contributed by atoms with van der Waals surface area (Å²) in [5.41, 5.74) is 2.60. The van der Waals surface area contributed by atoms with E-state index in [1.165, 1.54) is 5.56 Å². The van der Waals surface area contributed by atoms with Crippen LogP contribution in [0, 0.1) is 0 Å². The van der Waals surface area contributed by atoms with Gasteiger partial charge in [-0.1, -0.05) is 53.5 Å². The van der Waals surface area contributed by atoms with Crippen LogP contribution in [0.2, 0.25) is 10.0 Å². The largest absolute Gasteiger partial charge is 0.348 e. The van der Waals surface area contributed by atoms with Gasteiger partial charge < -0.3 is 5.32 Å². The number of hydrogen-bond acceptors (Lipinski definition) is 3. The smallest absolute Gasteiger partial charge is 0.235 e. The summed E-state index contributed by atoms with van der Waals surface area (Å²) >= 11 is 12.1. The number of nitrogens with one attached hydrogen (secondary N) is 1. The van der Waals surface area contributed by atoms with Crippen molar-refractivity contribution in [3.8, 4) is 0 Å². The molecule has 0 fully saturated rings. The minimum Gasteiger partial charge on any atom is -0.348 e. The van der Waals surface area contributed by atoms with Crippen molar-refractivity contribution >= 4 is 38.9 Å². The number of benzene rings is 2. The van der Waals surface area contributed by atoms with Crippen molar-refractivity contribution in [2.24, 2.45) is 0 Å². The highest BCUT2D eigenvalue weighted by atomic mass is 35.5. The van der Waals surface area contributed by atoms with Crippen molar-refractivity contribution < 1.29 is 13.2 Å². The normalized spacial score (nSPS) is 16.8. The van der Waals surface area contributed by atoms with Gasteiger partial charge >= 0.3 is 0 Å². The van der Waals surface area contributed by atoms with Crippen LogP contribution in [0.1, 0.15) is 35.6 Å². The van der Waals surface area contributed by atoms with Gasteiger partial charge in [-0.2, -0.15) is 0 Å². The molecule has 1 aliphatic carbocycles. The Bertz CT molecular complexity index is 908. The summed E-state index contributed by atoms with van der Waals surface area (Å²) in [5.74, 6) is -1.46. The van der Waals surface area contributed by atoms with Crippen molar-refractivity contribution in [2.45, 2.75) is 31.1 Å². The Hall–Kier alpha value is -1.56. The molecular weight excluding hydrogens is 393 g/mol. The fourth-order valence-corrected chi connectivity index (χ4v) is 5.31. The molecule has 0 saturated heterocycles. The first kappa shape index (κ1) is 19.2. The lowest BCUT2D eigenvalue weighted by atomic mass is 9.88. The van der Waals surface area contributed by atoms with Crippen LogP contribution in [-0.4, -0.2) is 20.1 Å². The molecule has 2 aromatic rings. The molecule has 2 aromatic carbocycles. The number of hydrogen-bond donors (Lipinski definition) is 1. The number of amides is 1. The molecule has 7 heteroatoms. The number of aryl methyl sites for hydroxylation is 1. The van der Waals surface area contributed by atoms with E-state index in [-0.39, 0.29) is 21.8 Å². The number of sulfone groups is 1. The van der Waals surface area contributed by atoms with Gasteiger partial charge in [0.05, 0.1) is 11.8 Å². The van der Waals surface area contributed by atoms with Crippen molar-refractivity contribution in [1.82, 2.24) is 5.32 Å². The first-order valence-electron chi connectivity index (χ1n) is 8.36. The van der Waals surface area contributed by atoms with Crippen LogP contribution in [0.25, 0.3) is 0 Å². The minimum absolute atomic E-state index is 0.147. The number of halogens is 2. The van der Waals surface area contributed by atoms with E-state index < -0.39 is 21.5 Å². The monoisotopic (exact) mass is 411 g/mol. The van der Waals surface area contributed by atoms with Gasteiger partial charge in [0.2, 0.25) is 5.91 Å². The topological polar surface area (TPSA) is 63.2 Å². The van der Waals surface area contributed by atoms with Gasteiger partial charge in [0, 0.05) is 15.6 Å². The molecule has 1 aliphatic rings. The summed E-state index contributed by atoms with van der Waals surface area (Å²) < 4.78 is 24.8. The molecule has 1 atom stereocenters. The predicted octanol–water partition coefficient (Wildman–Crippen LogP) is 4.10. The lowest BCUT2D eigenvalue weighted by Gasteiger charge is -2.26. The fraction of sp³-hybridized carbons (Fsp3) is 0.316. The lowest BCUT2D eigenvalue weighted by Crippen LogP contribution is -2.35. The Kier molecular flexibility index (Phi) is 5.90. The summed E-state index contributed by atoms with van der Waals surface area (Å²) in [6.45, 7) is 0. The Morgan fingerprint density at radius 1 is 1.08 bits per heavy atom. The molecule has 3 rings (SSSR count). The molecule has 0 bridgehead atoms. The fourth-order valence-electron chi connectivity index (χ4n) is 3.28. The summed E-state index contributed by atoms with van der Waals surface area (Å²) in [6, 6.07) is 12.6. The molecule has 4 nitrogen and oxygen atoms in total. The van der Waals surface area contributed by atoms with Gasteiger partial charge in [-0.3, -0.25) is 4.79 Å². The lowest BCUT2D eigenvalue weighted by molar-refractivity contribution is -0.119. The molecular formula is C19H19Cl2NO3S. The quantitative estimate of drug-likeness (QED) is 0.804. The van der Waals surface area contributed by atoms with Gasteiger partial charge in [-0.05, 0) is 42.5 Å². The van der Waals surface area contributed by atoms with Gasteiger partial charge in [-0.25, -0.2) is 8.42 Å². The third-order valence-corrected chi connectivity index (χ3v) is 6.62. The third-order valence-electron chi connectivity index (χ3n) is 4.48. The summed E-state index contributed by atoms with van der Waals surface area (Å²) in [7, 11) is -3.69. The van der Waals surface area contributed by atoms with Crippen molar-refractivity contribution in [3.63, 3.8) is 0 Å². The van der Waals surface area contributed by atoms with E-state index in [1.807, 2.05) is 24.3 Å². The molecule has 0 saturated carbocycles. The van der Waals surface area contributed by atoms with E-state index >= 15 is 0 Å². The Morgan fingerprint density at radius 3 is 2.50 bits per heavy atom. The summed E-state index contributed by atoms with van der Waals surface area (Å²) in [6.07, 6.45) is 2.74. The molecule has 0 radical (unpaired) electrons. The van der Waals surface area contributed by atoms with Crippen LogP contribution in [0.3, 0.4) is 0 Å². The maximum Gasteiger partial charge on any atom is 0.235 e. The molecule has 1 amide bonds. The summed E-state index contributed by atoms with van der Waals surface area (Å²) in [5, 5.41) is 3.42. The van der Waals surface area contributed by atoms with Crippen LogP contribution in [-0.2, 0) is 26.8 Å². The van der Waals surface area contributed by atoms with E-state index in [1.54, 1.807) is 18.2 Å². The Labute approximate surface area is 163 Å². The highest BCUT2D eigenvalue weighted by Crippen LogP contribution is 2.30. The Balaban J connectivity index is 1.68. The van der Waals surface area contributed by atoms with Crippen LogP contribution < -0.4 is 5.32 Å². The average Bonchev–Trinajstić information content (AvgIpc) is 2.58. The molecule has 26 heavy (non-hydrogen) atoms. The third kappa shape index (κ3) is 4.58. The van der Waals surface area contributed by atoms with Crippen molar-refractivity contribution in [2.75, 3.05) is 5.75 Å². The second-order valence-electron chi connectivity index (χ2n) is 6.44. The van der Waals surface area contributed by atoms with Gasteiger partial charge in [0.1, 0.15) is 5.75 Å². The van der Waals surface area contributed by atoms with Gasteiger partial charge in [0.15, 0.2) is 9.84 Å². The molecule has 0 aliphatic heterocycles. The molecule has 0 spiro atoms. The zero-order valence-corrected chi connectivity index (χ0v) is 16.4.